The highest BCUT2D eigenvalue weighted by Crippen LogP contribution is 2.16. The van der Waals surface area contributed by atoms with Gasteiger partial charge in [0.25, 0.3) is 0 Å². The zero-order valence-electron chi connectivity index (χ0n) is 15.1. The van der Waals surface area contributed by atoms with Gasteiger partial charge in [-0.05, 0) is 13.0 Å². The van der Waals surface area contributed by atoms with Crippen molar-refractivity contribution in [3.8, 4) is 0 Å². The van der Waals surface area contributed by atoms with E-state index in [0.29, 0.717) is 24.0 Å². The predicted molar refractivity (Wildman–Crippen MR) is 102 cm³/mol. The Labute approximate surface area is 161 Å². The van der Waals surface area contributed by atoms with Gasteiger partial charge in [-0.1, -0.05) is 0 Å². The number of esters is 1. The van der Waals surface area contributed by atoms with E-state index in [0.717, 1.165) is 32.1 Å². The molecule has 0 aromatic carbocycles. The maximum Gasteiger partial charge on any atom is 0.311 e. The Hall–Kier alpha value is -2.59. The van der Waals surface area contributed by atoms with Gasteiger partial charge in [0.2, 0.25) is 11.9 Å². The summed E-state index contributed by atoms with van der Waals surface area (Å²) in [5.74, 6) is 0.288. The van der Waals surface area contributed by atoms with Gasteiger partial charge in [0.1, 0.15) is 0 Å². The normalized spacial score (nSPS) is 14.8. The van der Waals surface area contributed by atoms with Crippen molar-refractivity contribution in [2.75, 3.05) is 49.5 Å². The standard InChI is InChI=1S/C17H22N6O3S/c1-2-26-15(25)10-13-12-27-17(20-13)21-14(24)11-22-6-8-23(9-7-22)16-18-4-3-5-19-16/h3-5,12H,2,6-11H2,1H3,(H,20,21,24). The molecular weight excluding hydrogens is 368 g/mol. The maximum absolute atomic E-state index is 12.3. The molecule has 3 rings (SSSR count). The number of thiazole rings is 1. The second-order valence-corrected chi connectivity index (χ2v) is 6.84. The van der Waals surface area contributed by atoms with Crippen molar-refractivity contribution in [2.45, 2.75) is 13.3 Å². The van der Waals surface area contributed by atoms with Crippen LogP contribution < -0.4 is 10.2 Å². The van der Waals surface area contributed by atoms with Crippen LogP contribution in [0.25, 0.3) is 0 Å². The van der Waals surface area contributed by atoms with Gasteiger partial charge in [0.15, 0.2) is 5.13 Å². The van der Waals surface area contributed by atoms with Crippen LogP contribution >= 0.6 is 11.3 Å². The molecule has 0 saturated carbocycles. The van der Waals surface area contributed by atoms with Crippen LogP contribution in [0.4, 0.5) is 11.1 Å². The molecular formula is C17H22N6O3S. The number of carbonyl (C=O) groups is 2. The third kappa shape index (κ3) is 5.69. The molecule has 0 atom stereocenters. The van der Waals surface area contributed by atoms with Gasteiger partial charge in [0.05, 0.1) is 25.3 Å². The summed E-state index contributed by atoms with van der Waals surface area (Å²) in [7, 11) is 0. The predicted octanol–water partition coefficient (Wildman–Crippen LogP) is 0.799. The summed E-state index contributed by atoms with van der Waals surface area (Å²) in [4.78, 5) is 40.7. The average Bonchev–Trinajstić information content (AvgIpc) is 3.09. The van der Waals surface area contributed by atoms with Crippen LogP contribution in [-0.4, -0.2) is 71.1 Å². The van der Waals surface area contributed by atoms with Gasteiger partial charge in [-0.15, -0.1) is 11.3 Å². The summed E-state index contributed by atoms with van der Waals surface area (Å²) in [5.41, 5.74) is 0.602. The van der Waals surface area contributed by atoms with E-state index in [-0.39, 0.29) is 18.3 Å². The minimum Gasteiger partial charge on any atom is -0.466 e. The smallest absolute Gasteiger partial charge is 0.311 e. The first-order chi connectivity index (χ1) is 13.1. The lowest BCUT2D eigenvalue weighted by Crippen LogP contribution is -2.49. The lowest BCUT2D eigenvalue weighted by Gasteiger charge is -2.34. The third-order valence-electron chi connectivity index (χ3n) is 4.00. The molecule has 0 spiro atoms. The third-order valence-corrected chi connectivity index (χ3v) is 4.81. The van der Waals surface area contributed by atoms with E-state index in [1.807, 2.05) is 0 Å². The minimum atomic E-state index is -0.319. The zero-order valence-corrected chi connectivity index (χ0v) is 15.9. The molecule has 0 unspecified atom stereocenters. The van der Waals surface area contributed by atoms with Gasteiger partial charge < -0.3 is 15.0 Å². The van der Waals surface area contributed by atoms with Crippen molar-refractivity contribution in [1.82, 2.24) is 19.9 Å². The Morgan fingerprint density at radius 3 is 2.67 bits per heavy atom. The van der Waals surface area contributed by atoms with Crippen molar-refractivity contribution < 1.29 is 14.3 Å². The first kappa shape index (κ1) is 19.2. The Kier molecular flexibility index (Phi) is 6.66. The first-order valence-electron chi connectivity index (χ1n) is 8.78. The number of hydrogen-bond acceptors (Lipinski definition) is 9. The van der Waals surface area contributed by atoms with Gasteiger partial charge in [-0.2, -0.15) is 0 Å². The van der Waals surface area contributed by atoms with E-state index in [9.17, 15) is 9.59 Å². The topological polar surface area (TPSA) is 101 Å². The minimum absolute atomic E-state index is 0.114. The van der Waals surface area contributed by atoms with Crippen LogP contribution in [0.3, 0.4) is 0 Å². The molecule has 1 aliphatic rings. The molecule has 1 aliphatic heterocycles. The zero-order chi connectivity index (χ0) is 19.1. The number of rotatable bonds is 7. The molecule has 1 saturated heterocycles. The Balaban J connectivity index is 1.42. The van der Waals surface area contributed by atoms with Crippen LogP contribution in [0.2, 0.25) is 0 Å². The molecule has 0 radical (unpaired) electrons. The van der Waals surface area contributed by atoms with Gasteiger partial charge in [0, 0.05) is 44.0 Å². The van der Waals surface area contributed by atoms with Crippen molar-refractivity contribution in [2.24, 2.45) is 0 Å². The monoisotopic (exact) mass is 390 g/mol. The number of piperazine rings is 1. The van der Waals surface area contributed by atoms with Crippen molar-refractivity contribution >= 4 is 34.3 Å². The van der Waals surface area contributed by atoms with Crippen molar-refractivity contribution in [3.63, 3.8) is 0 Å². The van der Waals surface area contributed by atoms with E-state index < -0.39 is 0 Å². The Bertz CT molecular complexity index is 761. The fraction of sp³-hybridized carbons (Fsp3) is 0.471. The van der Waals surface area contributed by atoms with Crippen molar-refractivity contribution in [1.29, 1.82) is 0 Å². The molecule has 9 nitrogen and oxygen atoms in total. The summed E-state index contributed by atoms with van der Waals surface area (Å²) in [6.07, 6.45) is 3.57. The molecule has 144 valence electrons. The fourth-order valence-electron chi connectivity index (χ4n) is 2.73. The van der Waals surface area contributed by atoms with Crippen LogP contribution in [0.1, 0.15) is 12.6 Å². The lowest BCUT2D eigenvalue weighted by molar-refractivity contribution is -0.142. The quantitative estimate of drug-likeness (QED) is 0.693. The van der Waals surface area contributed by atoms with E-state index in [2.05, 4.69) is 30.1 Å². The highest BCUT2D eigenvalue weighted by molar-refractivity contribution is 7.13. The summed E-state index contributed by atoms with van der Waals surface area (Å²) >= 11 is 1.30. The van der Waals surface area contributed by atoms with E-state index in [1.165, 1.54) is 11.3 Å². The number of aromatic nitrogens is 3. The highest BCUT2D eigenvalue weighted by atomic mass is 32.1. The largest absolute Gasteiger partial charge is 0.466 e. The number of nitrogens with zero attached hydrogens (tertiary/aromatic N) is 5. The van der Waals surface area contributed by atoms with Crippen LogP contribution in [0, 0.1) is 0 Å². The number of hydrogen-bond donors (Lipinski definition) is 1. The number of ether oxygens (including phenoxy) is 1. The number of anilines is 2. The van der Waals surface area contributed by atoms with Crippen molar-refractivity contribution in [3.05, 3.63) is 29.5 Å². The molecule has 0 aliphatic carbocycles. The number of carbonyl (C=O) groups excluding carboxylic acids is 2. The second-order valence-electron chi connectivity index (χ2n) is 5.99. The summed E-state index contributed by atoms with van der Waals surface area (Å²) in [5, 5.41) is 5.05. The molecule has 10 heteroatoms. The van der Waals surface area contributed by atoms with Gasteiger partial charge >= 0.3 is 5.97 Å². The first-order valence-corrected chi connectivity index (χ1v) is 9.66. The molecule has 0 bridgehead atoms. The summed E-state index contributed by atoms with van der Waals surface area (Å²) in [6.45, 7) is 5.48. The Morgan fingerprint density at radius 2 is 1.96 bits per heavy atom. The molecule has 1 amide bonds. The summed E-state index contributed by atoms with van der Waals surface area (Å²) in [6, 6.07) is 1.79. The molecule has 27 heavy (non-hydrogen) atoms. The van der Waals surface area contributed by atoms with Crippen LogP contribution in [0.5, 0.6) is 0 Å². The van der Waals surface area contributed by atoms with Gasteiger partial charge in [-0.25, -0.2) is 15.0 Å². The summed E-state index contributed by atoms with van der Waals surface area (Å²) < 4.78 is 4.90. The highest BCUT2D eigenvalue weighted by Gasteiger charge is 2.21. The van der Waals surface area contributed by atoms with E-state index >= 15 is 0 Å². The molecule has 3 heterocycles. The van der Waals surface area contributed by atoms with Gasteiger partial charge in [-0.3, -0.25) is 14.5 Å². The molecule has 2 aromatic rings. The molecule has 2 aromatic heterocycles. The molecule has 1 N–H and O–H groups in total. The maximum atomic E-state index is 12.3. The second kappa shape index (κ2) is 9.38. The van der Waals surface area contributed by atoms with E-state index in [1.54, 1.807) is 30.8 Å². The molecule has 1 fully saturated rings. The number of nitrogens with one attached hydrogen (secondary N) is 1. The Morgan fingerprint density at radius 1 is 1.22 bits per heavy atom. The fourth-order valence-corrected chi connectivity index (χ4v) is 3.45. The SMILES string of the molecule is CCOC(=O)Cc1csc(NC(=O)CN2CCN(c3ncccn3)CC2)n1. The van der Waals surface area contributed by atoms with Crippen LogP contribution in [0.15, 0.2) is 23.8 Å². The average molecular weight is 390 g/mol. The lowest BCUT2D eigenvalue weighted by atomic mass is 10.3. The number of amides is 1. The van der Waals surface area contributed by atoms with Crippen LogP contribution in [-0.2, 0) is 20.7 Å². The van der Waals surface area contributed by atoms with E-state index in [4.69, 9.17) is 4.74 Å².